The molecule has 0 spiro atoms. The third-order valence-corrected chi connectivity index (χ3v) is 5.73. The fourth-order valence-electron chi connectivity index (χ4n) is 3.93. The van der Waals surface area contributed by atoms with Gasteiger partial charge in [0.25, 0.3) is 5.91 Å². The van der Waals surface area contributed by atoms with Crippen LogP contribution < -0.4 is 11.0 Å². The summed E-state index contributed by atoms with van der Waals surface area (Å²) in [7, 11) is 0. The van der Waals surface area contributed by atoms with E-state index in [1.807, 2.05) is 6.07 Å². The first-order chi connectivity index (χ1) is 13.1. The van der Waals surface area contributed by atoms with Crippen molar-refractivity contribution in [3.8, 4) is 0 Å². The van der Waals surface area contributed by atoms with Crippen LogP contribution in [0, 0.1) is 5.92 Å². The van der Waals surface area contributed by atoms with E-state index in [1.165, 1.54) is 12.8 Å². The zero-order valence-electron chi connectivity index (χ0n) is 15.7. The standard InChI is InChI=1S/C19H27N5O3/c1-13-6-9-23(10-7-13)12-15-3-4-16(27-15)18(25)20-14-2-5-17-21-22-19(26)24(17)11-8-14/h3-4,13-14H,2,5-12H2,1H3,(H,20,25)(H,22,26). The molecular formula is C19H27N5O3. The van der Waals surface area contributed by atoms with E-state index in [0.29, 0.717) is 25.1 Å². The molecule has 4 heterocycles. The lowest BCUT2D eigenvalue weighted by Gasteiger charge is -2.29. The van der Waals surface area contributed by atoms with E-state index < -0.39 is 0 Å². The number of aryl methyl sites for hydroxylation is 1. The highest BCUT2D eigenvalue weighted by Gasteiger charge is 2.22. The molecule has 1 amide bonds. The van der Waals surface area contributed by atoms with Crippen LogP contribution in [0.5, 0.6) is 0 Å². The number of rotatable bonds is 4. The van der Waals surface area contributed by atoms with Gasteiger partial charge in [-0.3, -0.25) is 14.3 Å². The molecule has 0 aliphatic carbocycles. The summed E-state index contributed by atoms with van der Waals surface area (Å²) in [4.78, 5) is 26.6. The van der Waals surface area contributed by atoms with Crippen molar-refractivity contribution in [2.24, 2.45) is 5.92 Å². The molecule has 1 fully saturated rings. The highest BCUT2D eigenvalue weighted by molar-refractivity contribution is 5.91. The lowest BCUT2D eigenvalue weighted by Crippen LogP contribution is -2.35. The topological polar surface area (TPSA) is 96.2 Å². The van der Waals surface area contributed by atoms with E-state index in [1.54, 1.807) is 10.6 Å². The van der Waals surface area contributed by atoms with Gasteiger partial charge in [0, 0.05) is 19.0 Å². The van der Waals surface area contributed by atoms with Crippen LogP contribution in [-0.4, -0.2) is 44.7 Å². The third kappa shape index (κ3) is 4.16. The quantitative estimate of drug-likeness (QED) is 0.847. The van der Waals surface area contributed by atoms with Crippen molar-refractivity contribution >= 4 is 5.91 Å². The van der Waals surface area contributed by atoms with Crippen LogP contribution in [0.3, 0.4) is 0 Å². The van der Waals surface area contributed by atoms with Gasteiger partial charge in [-0.1, -0.05) is 6.92 Å². The molecule has 2 N–H and O–H groups in total. The molecular weight excluding hydrogens is 346 g/mol. The maximum Gasteiger partial charge on any atom is 0.343 e. The van der Waals surface area contributed by atoms with E-state index in [2.05, 4.69) is 27.3 Å². The number of aromatic amines is 1. The summed E-state index contributed by atoms with van der Waals surface area (Å²) in [5.41, 5.74) is -0.181. The van der Waals surface area contributed by atoms with E-state index >= 15 is 0 Å². The van der Waals surface area contributed by atoms with Gasteiger partial charge in [0.05, 0.1) is 6.54 Å². The van der Waals surface area contributed by atoms with Crippen LogP contribution in [0.1, 0.15) is 54.7 Å². The van der Waals surface area contributed by atoms with E-state index in [-0.39, 0.29) is 17.6 Å². The zero-order valence-corrected chi connectivity index (χ0v) is 15.7. The predicted octanol–water partition coefficient (Wildman–Crippen LogP) is 1.53. The fraction of sp³-hybridized carbons (Fsp3) is 0.632. The highest BCUT2D eigenvalue weighted by atomic mass is 16.4. The molecule has 0 saturated carbocycles. The van der Waals surface area contributed by atoms with Crippen LogP contribution in [0.25, 0.3) is 0 Å². The van der Waals surface area contributed by atoms with Crippen LogP contribution >= 0.6 is 0 Å². The smallest absolute Gasteiger partial charge is 0.343 e. The number of amides is 1. The number of fused-ring (bicyclic) bond motifs is 1. The number of piperidine rings is 1. The Balaban J connectivity index is 1.31. The number of likely N-dealkylation sites (tertiary alicyclic amines) is 1. The minimum atomic E-state index is -0.188. The number of furan rings is 1. The summed E-state index contributed by atoms with van der Waals surface area (Å²) in [5, 5.41) is 9.56. The fourth-order valence-corrected chi connectivity index (χ4v) is 3.93. The first-order valence-electron chi connectivity index (χ1n) is 9.84. The number of aromatic nitrogens is 3. The van der Waals surface area contributed by atoms with Gasteiger partial charge in [-0.2, -0.15) is 5.10 Å². The number of carbonyl (C=O) groups is 1. The SMILES string of the molecule is CC1CCN(Cc2ccc(C(=O)NC3CCc4n[nH]c(=O)n4CC3)o2)CC1. The summed E-state index contributed by atoms with van der Waals surface area (Å²) in [6.07, 6.45) is 4.57. The summed E-state index contributed by atoms with van der Waals surface area (Å²) < 4.78 is 7.44. The molecule has 8 heteroatoms. The normalized spacial score (nSPS) is 21.6. The molecule has 4 rings (SSSR count). The number of nitrogens with one attached hydrogen (secondary N) is 2. The number of hydrogen-bond acceptors (Lipinski definition) is 5. The second-order valence-corrected chi connectivity index (χ2v) is 7.82. The Labute approximate surface area is 157 Å². The van der Waals surface area contributed by atoms with Crippen LogP contribution in [0.4, 0.5) is 0 Å². The van der Waals surface area contributed by atoms with Gasteiger partial charge in [-0.05, 0) is 56.8 Å². The van der Waals surface area contributed by atoms with Gasteiger partial charge in [-0.15, -0.1) is 0 Å². The van der Waals surface area contributed by atoms with Crippen molar-refractivity contribution in [1.29, 1.82) is 0 Å². The predicted molar refractivity (Wildman–Crippen MR) is 99.4 cm³/mol. The van der Waals surface area contributed by atoms with Crippen molar-refractivity contribution in [3.05, 3.63) is 40.0 Å². The summed E-state index contributed by atoms with van der Waals surface area (Å²) >= 11 is 0. The van der Waals surface area contributed by atoms with E-state index in [0.717, 1.165) is 43.6 Å². The Bertz CT molecular complexity index is 844. The van der Waals surface area contributed by atoms with Crippen LogP contribution in [-0.2, 0) is 19.5 Å². The first-order valence-corrected chi connectivity index (χ1v) is 9.84. The second kappa shape index (κ2) is 7.72. The van der Waals surface area contributed by atoms with Gasteiger partial charge >= 0.3 is 5.69 Å². The molecule has 2 aliphatic rings. The van der Waals surface area contributed by atoms with E-state index in [4.69, 9.17) is 4.42 Å². The molecule has 8 nitrogen and oxygen atoms in total. The molecule has 0 bridgehead atoms. The van der Waals surface area contributed by atoms with Gasteiger partial charge in [0.1, 0.15) is 11.6 Å². The second-order valence-electron chi connectivity index (χ2n) is 7.82. The monoisotopic (exact) mass is 373 g/mol. The minimum Gasteiger partial charge on any atom is -0.455 e. The average molecular weight is 373 g/mol. The lowest BCUT2D eigenvalue weighted by atomic mass is 9.99. The van der Waals surface area contributed by atoms with Gasteiger partial charge < -0.3 is 9.73 Å². The van der Waals surface area contributed by atoms with Crippen molar-refractivity contribution in [2.45, 2.75) is 58.2 Å². The maximum absolute atomic E-state index is 12.5. The Kier molecular flexibility index (Phi) is 5.15. The van der Waals surface area contributed by atoms with Crippen molar-refractivity contribution in [2.75, 3.05) is 13.1 Å². The molecule has 2 aliphatic heterocycles. The van der Waals surface area contributed by atoms with Crippen molar-refractivity contribution in [1.82, 2.24) is 25.0 Å². The largest absolute Gasteiger partial charge is 0.455 e. The zero-order chi connectivity index (χ0) is 18.8. The Hall–Kier alpha value is -2.35. The number of nitrogens with zero attached hydrogens (tertiary/aromatic N) is 3. The van der Waals surface area contributed by atoms with Gasteiger partial charge in [0.2, 0.25) is 0 Å². The summed E-state index contributed by atoms with van der Waals surface area (Å²) in [6.45, 7) is 5.78. The molecule has 2 aromatic rings. The molecule has 146 valence electrons. The molecule has 0 radical (unpaired) electrons. The number of hydrogen-bond donors (Lipinski definition) is 2. The van der Waals surface area contributed by atoms with Gasteiger partial charge in [0.15, 0.2) is 5.76 Å². The molecule has 1 atom stereocenters. The van der Waals surface area contributed by atoms with Crippen LogP contribution in [0.15, 0.2) is 21.3 Å². The Morgan fingerprint density at radius 2 is 2.07 bits per heavy atom. The number of H-pyrrole nitrogens is 1. The molecule has 0 aromatic carbocycles. The van der Waals surface area contributed by atoms with Crippen molar-refractivity contribution < 1.29 is 9.21 Å². The first kappa shape index (κ1) is 18.0. The van der Waals surface area contributed by atoms with Crippen molar-refractivity contribution in [3.63, 3.8) is 0 Å². The molecule has 2 aromatic heterocycles. The maximum atomic E-state index is 12.5. The average Bonchev–Trinajstić information content (AvgIpc) is 3.20. The van der Waals surface area contributed by atoms with E-state index in [9.17, 15) is 9.59 Å². The Morgan fingerprint density at radius 1 is 1.26 bits per heavy atom. The van der Waals surface area contributed by atoms with Crippen LogP contribution in [0.2, 0.25) is 0 Å². The summed E-state index contributed by atoms with van der Waals surface area (Å²) in [6, 6.07) is 3.66. The number of carbonyl (C=O) groups excluding carboxylic acids is 1. The molecule has 27 heavy (non-hydrogen) atoms. The minimum absolute atomic E-state index is 0.00994. The summed E-state index contributed by atoms with van der Waals surface area (Å²) in [5.74, 6) is 2.56. The lowest BCUT2D eigenvalue weighted by molar-refractivity contribution is 0.0899. The molecule has 1 unspecified atom stereocenters. The highest BCUT2D eigenvalue weighted by Crippen LogP contribution is 2.19. The van der Waals surface area contributed by atoms with Gasteiger partial charge in [-0.25, -0.2) is 9.89 Å². The molecule has 1 saturated heterocycles. The Morgan fingerprint density at radius 3 is 2.89 bits per heavy atom. The third-order valence-electron chi connectivity index (χ3n) is 5.73.